The maximum atomic E-state index is 12.5. The molecule has 0 spiro atoms. The number of carbonyl (C=O) groups is 1. The van der Waals surface area contributed by atoms with Crippen LogP contribution in [0.2, 0.25) is 0 Å². The molecule has 2 aromatic heterocycles. The van der Waals surface area contributed by atoms with Crippen LogP contribution < -0.4 is 5.56 Å². The van der Waals surface area contributed by atoms with Crippen LogP contribution in [0.25, 0.3) is 10.8 Å². The molecule has 0 aliphatic rings. The summed E-state index contributed by atoms with van der Waals surface area (Å²) in [5.41, 5.74) is 1.48. The normalized spacial score (nSPS) is 13.1. The first-order valence-corrected chi connectivity index (χ1v) is 6.59. The van der Waals surface area contributed by atoms with Crippen molar-refractivity contribution in [1.29, 1.82) is 0 Å². The fourth-order valence-electron chi connectivity index (χ4n) is 2.75. The van der Waals surface area contributed by atoms with E-state index in [1.54, 1.807) is 6.20 Å². The van der Waals surface area contributed by atoms with Crippen molar-refractivity contribution in [2.75, 3.05) is 0 Å². The van der Waals surface area contributed by atoms with Gasteiger partial charge in [0, 0.05) is 22.8 Å². The number of aliphatic carboxylic acids is 1. The van der Waals surface area contributed by atoms with Gasteiger partial charge in [-0.3, -0.25) is 4.79 Å². The van der Waals surface area contributed by atoms with Crippen molar-refractivity contribution >= 4 is 16.7 Å². The molecule has 20 heavy (non-hydrogen) atoms. The highest BCUT2D eigenvalue weighted by molar-refractivity contribution is 5.87. The molecule has 108 valence electrons. The number of nitrogens with zero attached hydrogens (tertiary/aromatic N) is 3. The van der Waals surface area contributed by atoms with E-state index in [0.717, 1.165) is 21.5 Å². The summed E-state index contributed by atoms with van der Waals surface area (Å²) in [6, 6.07) is -0.749. The number of rotatable bonds is 3. The molecule has 0 aliphatic carbocycles. The second-order valence-corrected chi connectivity index (χ2v) is 5.33. The van der Waals surface area contributed by atoms with Crippen LogP contribution in [0.4, 0.5) is 0 Å². The second-order valence-electron chi connectivity index (χ2n) is 5.33. The SMILES string of the molecule is Cc1c2cnn(C(C)C(=O)O)c(=O)c2c(C)n1C(C)C. The van der Waals surface area contributed by atoms with E-state index < -0.39 is 12.0 Å². The summed E-state index contributed by atoms with van der Waals surface area (Å²) < 4.78 is 3.10. The van der Waals surface area contributed by atoms with Crippen LogP contribution in [-0.2, 0) is 4.79 Å². The standard InChI is InChI=1S/C14H19N3O3/c1-7(2)16-8(3)11-6-15-17(10(5)14(19)20)13(18)12(11)9(16)4/h6-7,10H,1-5H3,(H,19,20). The fourth-order valence-corrected chi connectivity index (χ4v) is 2.75. The number of hydrogen-bond donors (Lipinski definition) is 1. The molecule has 0 aliphatic heterocycles. The number of aromatic nitrogens is 3. The van der Waals surface area contributed by atoms with Gasteiger partial charge in [-0.05, 0) is 34.6 Å². The third kappa shape index (κ3) is 1.92. The largest absolute Gasteiger partial charge is 0.480 e. The zero-order valence-corrected chi connectivity index (χ0v) is 12.3. The summed E-state index contributed by atoms with van der Waals surface area (Å²) in [5, 5.41) is 14.4. The van der Waals surface area contributed by atoms with E-state index in [1.807, 2.05) is 27.7 Å². The quantitative estimate of drug-likeness (QED) is 0.931. The molecule has 6 nitrogen and oxygen atoms in total. The lowest BCUT2D eigenvalue weighted by Gasteiger charge is -2.12. The van der Waals surface area contributed by atoms with Gasteiger partial charge in [0.1, 0.15) is 0 Å². The third-order valence-corrected chi connectivity index (χ3v) is 3.72. The molecule has 0 saturated heterocycles. The molecule has 0 amide bonds. The maximum Gasteiger partial charge on any atom is 0.328 e. The highest BCUT2D eigenvalue weighted by atomic mass is 16.4. The van der Waals surface area contributed by atoms with Gasteiger partial charge in [0.05, 0.1) is 11.6 Å². The van der Waals surface area contributed by atoms with Crippen molar-refractivity contribution in [2.45, 2.75) is 46.7 Å². The van der Waals surface area contributed by atoms with Crippen LogP contribution >= 0.6 is 0 Å². The summed E-state index contributed by atoms with van der Waals surface area (Å²) in [6.45, 7) is 9.37. The first-order valence-electron chi connectivity index (χ1n) is 6.59. The molecule has 0 bridgehead atoms. The Morgan fingerprint density at radius 2 is 1.85 bits per heavy atom. The minimum atomic E-state index is -1.07. The Hall–Kier alpha value is -2.11. The molecular weight excluding hydrogens is 258 g/mol. The van der Waals surface area contributed by atoms with Crippen LogP contribution in [0.3, 0.4) is 0 Å². The minimum Gasteiger partial charge on any atom is -0.480 e. The predicted octanol–water partition coefficient (Wildman–Crippen LogP) is 2.04. The summed E-state index contributed by atoms with van der Waals surface area (Å²) in [7, 11) is 0. The molecule has 0 fully saturated rings. The highest BCUT2D eigenvalue weighted by Crippen LogP contribution is 2.25. The van der Waals surface area contributed by atoms with E-state index in [4.69, 9.17) is 5.11 Å². The lowest BCUT2D eigenvalue weighted by Crippen LogP contribution is -2.30. The monoisotopic (exact) mass is 277 g/mol. The van der Waals surface area contributed by atoms with Gasteiger partial charge in [-0.25, -0.2) is 9.48 Å². The van der Waals surface area contributed by atoms with Gasteiger partial charge in [0.15, 0.2) is 6.04 Å². The summed E-state index contributed by atoms with van der Waals surface area (Å²) >= 11 is 0. The van der Waals surface area contributed by atoms with Gasteiger partial charge < -0.3 is 9.67 Å². The van der Waals surface area contributed by atoms with Crippen molar-refractivity contribution in [3.8, 4) is 0 Å². The summed E-state index contributed by atoms with van der Waals surface area (Å²) in [4.78, 5) is 23.6. The highest BCUT2D eigenvalue weighted by Gasteiger charge is 2.21. The van der Waals surface area contributed by atoms with Crippen LogP contribution in [0.5, 0.6) is 0 Å². The predicted molar refractivity (Wildman–Crippen MR) is 76.2 cm³/mol. The minimum absolute atomic E-state index is 0.229. The topological polar surface area (TPSA) is 77.1 Å². The van der Waals surface area contributed by atoms with Crippen molar-refractivity contribution in [1.82, 2.24) is 14.3 Å². The Balaban J connectivity index is 2.84. The zero-order chi connectivity index (χ0) is 15.2. The van der Waals surface area contributed by atoms with E-state index in [2.05, 4.69) is 9.67 Å². The molecule has 2 heterocycles. The lowest BCUT2D eigenvalue weighted by molar-refractivity contribution is -0.140. The molecule has 1 unspecified atom stereocenters. The maximum absolute atomic E-state index is 12.5. The van der Waals surface area contributed by atoms with Crippen molar-refractivity contribution in [3.63, 3.8) is 0 Å². The van der Waals surface area contributed by atoms with Gasteiger partial charge >= 0.3 is 5.97 Å². The average Bonchev–Trinajstić information content (AvgIpc) is 2.61. The molecule has 1 atom stereocenters. The van der Waals surface area contributed by atoms with Crippen molar-refractivity contribution in [2.24, 2.45) is 0 Å². The zero-order valence-electron chi connectivity index (χ0n) is 12.3. The number of hydrogen-bond acceptors (Lipinski definition) is 3. The van der Waals surface area contributed by atoms with Gasteiger partial charge in [-0.2, -0.15) is 5.10 Å². The Morgan fingerprint density at radius 3 is 2.35 bits per heavy atom. The smallest absolute Gasteiger partial charge is 0.328 e. The second kappa shape index (κ2) is 4.77. The van der Waals surface area contributed by atoms with E-state index in [1.165, 1.54) is 6.92 Å². The van der Waals surface area contributed by atoms with E-state index >= 15 is 0 Å². The van der Waals surface area contributed by atoms with E-state index in [-0.39, 0.29) is 11.6 Å². The lowest BCUT2D eigenvalue weighted by atomic mass is 10.2. The number of carboxylic acids is 1. The molecular formula is C14H19N3O3. The first-order chi connectivity index (χ1) is 9.27. The Morgan fingerprint density at radius 1 is 1.25 bits per heavy atom. The first kappa shape index (κ1) is 14.3. The molecule has 6 heteroatoms. The number of aryl methyl sites for hydroxylation is 2. The van der Waals surface area contributed by atoms with Gasteiger partial charge in [0.25, 0.3) is 5.56 Å². The third-order valence-electron chi connectivity index (χ3n) is 3.72. The molecule has 0 saturated carbocycles. The Labute approximate surface area is 116 Å². The van der Waals surface area contributed by atoms with Crippen LogP contribution in [-0.4, -0.2) is 25.4 Å². The molecule has 1 N–H and O–H groups in total. The van der Waals surface area contributed by atoms with Crippen LogP contribution in [0, 0.1) is 13.8 Å². The van der Waals surface area contributed by atoms with Crippen molar-refractivity contribution in [3.05, 3.63) is 27.9 Å². The van der Waals surface area contributed by atoms with E-state index in [9.17, 15) is 9.59 Å². The molecule has 0 radical (unpaired) electrons. The molecule has 2 rings (SSSR count). The van der Waals surface area contributed by atoms with Crippen LogP contribution in [0.15, 0.2) is 11.0 Å². The molecule has 2 aromatic rings. The van der Waals surface area contributed by atoms with Gasteiger partial charge in [0.2, 0.25) is 0 Å². The summed E-state index contributed by atoms with van der Waals surface area (Å²) in [5.74, 6) is -1.07. The van der Waals surface area contributed by atoms with Crippen molar-refractivity contribution < 1.29 is 9.90 Å². The summed E-state index contributed by atoms with van der Waals surface area (Å²) in [6.07, 6.45) is 1.58. The average molecular weight is 277 g/mol. The van der Waals surface area contributed by atoms with Gasteiger partial charge in [-0.15, -0.1) is 0 Å². The Bertz CT molecular complexity index is 740. The van der Waals surface area contributed by atoms with E-state index in [0.29, 0.717) is 5.39 Å². The number of carboxylic acid groups (broad SMARTS) is 1. The fraction of sp³-hybridized carbons (Fsp3) is 0.500. The Kier molecular flexibility index (Phi) is 3.41. The number of fused-ring (bicyclic) bond motifs is 1. The molecule has 0 aromatic carbocycles. The van der Waals surface area contributed by atoms with Crippen LogP contribution in [0.1, 0.15) is 44.2 Å². The van der Waals surface area contributed by atoms with Gasteiger partial charge in [-0.1, -0.05) is 0 Å².